The normalized spacial score (nSPS) is 13.6. The number of aromatic nitrogens is 2. The van der Waals surface area contributed by atoms with Crippen LogP contribution in [-0.4, -0.2) is 47.3 Å². The molecule has 4 rings (SSSR count). The highest BCUT2D eigenvalue weighted by molar-refractivity contribution is 5.78. The molecule has 1 fully saturated rings. The number of anilines is 1. The number of carbonyl (C=O) groups excluding carboxylic acids is 1. The van der Waals surface area contributed by atoms with Gasteiger partial charge in [0, 0.05) is 23.7 Å². The summed E-state index contributed by atoms with van der Waals surface area (Å²) >= 11 is 0. The first-order chi connectivity index (χ1) is 16.8. The van der Waals surface area contributed by atoms with Gasteiger partial charge in [0.25, 0.3) is 0 Å². The van der Waals surface area contributed by atoms with Gasteiger partial charge in [0.05, 0.1) is 36.7 Å². The fraction of sp³-hybridized carbons (Fsp3) is 0.414. The Morgan fingerprint density at radius 2 is 1.60 bits per heavy atom. The zero-order chi connectivity index (χ0) is 24.8. The molecule has 0 N–H and O–H groups in total. The molecule has 6 heteroatoms. The molecule has 184 valence electrons. The van der Waals surface area contributed by atoms with Gasteiger partial charge < -0.3 is 14.4 Å². The lowest BCUT2D eigenvalue weighted by atomic mass is 10.0. The Morgan fingerprint density at radius 1 is 1.00 bits per heavy atom. The van der Waals surface area contributed by atoms with Gasteiger partial charge in [-0.2, -0.15) is 0 Å². The minimum atomic E-state index is -0.639. The van der Waals surface area contributed by atoms with E-state index < -0.39 is 5.60 Å². The second kappa shape index (κ2) is 11.0. The molecule has 1 saturated carbocycles. The molecule has 0 atom stereocenters. The van der Waals surface area contributed by atoms with Crippen molar-refractivity contribution >= 4 is 11.8 Å². The van der Waals surface area contributed by atoms with Crippen molar-refractivity contribution in [3.8, 4) is 22.5 Å². The van der Waals surface area contributed by atoms with Crippen LogP contribution in [0.25, 0.3) is 22.5 Å². The Balaban J connectivity index is 1.48. The van der Waals surface area contributed by atoms with E-state index in [-0.39, 0.29) is 17.9 Å². The molecule has 1 aromatic heterocycles. The lowest BCUT2D eigenvalue weighted by Gasteiger charge is -2.29. The molecule has 1 aliphatic carbocycles. The Morgan fingerprint density at radius 3 is 2.17 bits per heavy atom. The van der Waals surface area contributed by atoms with E-state index in [1.54, 1.807) is 0 Å². The molecule has 1 heterocycles. The fourth-order valence-electron chi connectivity index (χ4n) is 3.95. The van der Waals surface area contributed by atoms with Crippen LogP contribution in [0.3, 0.4) is 0 Å². The zero-order valence-electron chi connectivity index (χ0n) is 21.1. The molecule has 0 aliphatic heterocycles. The predicted octanol–water partition coefficient (Wildman–Crippen LogP) is 5.77. The highest BCUT2D eigenvalue weighted by Crippen LogP contribution is 2.32. The summed E-state index contributed by atoms with van der Waals surface area (Å²) in [5.74, 6) is 0.785. The van der Waals surface area contributed by atoms with Crippen molar-refractivity contribution in [3.63, 3.8) is 0 Å². The monoisotopic (exact) mass is 473 g/mol. The average Bonchev–Trinajstić information content (AvgIpc) is 3.70. The van der Waals surface area contributed by atoms with Crippen LogP contribution >= 0.6 is 0 Å². The number of nitrogens with zero attached hydrogens (tertiary/aromatic N) is 3. The smallest absolute Gasteiger partial charge is 0.309 e. The van der Waals surface area contributed by atoms with Crippen LogP contribution in [0.5, 0.6) is 0 Å². The quantitative estimate of drug-likeness (QED) is 0.260. The number of ether oxygens (including phenoxy) is 2. The SMILES string of the molecule is CC(C)N(CCOCC(C)(C)OC(=O)C1CC1)c1cnc(-c2ccccc2)c(-c2ccccc2)n1. The molecule has 0 unspecified atom stereocenters. The summed E-state index contributed by atoms with van der Waals surface area (Å²) in [5.41, 5.74) is 3.14. The van der Waals surface area contributed by atoms with E-state index in [0.717, 1.165) is 41.2 Å². The van der Waals surface area contributed by atoms with E-state index in [1.165, 1.54) is 0 Å². The second-order valence-corrected chi connectivity index (χ2v) is 9.95. The van der Waals surface area contributed by atoms with Gasteiger partial charge in [-0.1, -0.05) is 60.7 Å². The highest BCUT2D eigenvalue weighted by Gasteiger charge is 2.35. The van der Waals surface area contributed by atoms with Gasteiger partial charge in [-0.05, 0) is 40.5 Å². The van der Waals surface area contributed by atoms with Crippen LogP contribution in [0, 0.1) is 5.92 Å². The van der Waals surface area contributed by atoms with Gasteiger partial charge in [-0.25, -0.2) is 4.98 Å². The molecule has 0 saturated heterocycles. The standard InChI is InChI=1S/C29H35N3O3/c1-21(2)32(17-18-34-20-29(3,4)35-28(33)24-15-16-24)25-19-30-26(22-11-7-5-8-12-22)27(31-25)23-13-9-6-10-14-23/h5-14,19,21,24H,15-18,20H2,1-4H3. The number of carbonyl (C=O) groups is 1. The molecular formula is C29H35N3O3. The predicted molar refractivity (Wildman–Crippen MR) is 139 cm³/mol. The lowest BCUT2D eigenvalue weighted by molar-refractivity contribution is -0.163. The molecule has 0 amide bonds. The summed E-state index contributed by atoms with van der Waals surface area (Å²) in [5, 5.41) is 0. The van der Waals surface area contributed by atoms with Crippen LogP contribution in [0.15, 0.2) is 66.9 Å². The van der Waals surface area contributed by atoms with Gasteiger partial charge >= 0.3 is 5.97 Å². The molecule has 2 aromatic carbocycles. The third kappa shape index (κ3) is 6.67. The number of rotatable bonds is 11. The van der Waals surface area contributed by atoms with Crippen LogP contribution in [0.4, 0.5) is 5.82 Å². The van der Waals surface area contributed by atoms with Gasteiger partial charge in [0.1, 0.15) is 11.4 Å². The third-order valence-electron chi connectivity index (χ3n) is 5.99. The Labute approximate surface area is 208 Å². The van der Waals surface area contributed by atoms with Crippen molar-refractivity contribution in [3.05, 3.63) is 66.9 Å². The van der Waals surface area contributed by atoms with Crippen molar-refractivity contribution in [1.82, 2.24) is 9.97 Å². The Kier molecular flexibility index (Phi) is 7.81. The number of hydrogen-bond donors (Lipinski definition) is 0. The van der Waals surface area contributed by atoms with Gasteiger partial charge in [-0.3, -0.25) is 9.78 Å². The highest BCUT2D eigenvalue weighted by atomic mass is 16.6. The number of hydrogen-bond acceptors (Lipinski definition) is 6. The average molecular weight is 474 g/mol. The van der Waals surface area contributed by atoms with Crippen LogP contribution in [0.2, 0.25) is 0 Å². The molecular weight excluding hydrogens is 438 g/mol. The maximum Gasteiger partial charge on any atom is 0.309 e. The number of esters is 1. The summed E-state index contributed by atoms with van der Waals surface area (Å²) < 4.78 is 11.6. The number of benzene rings is 2. The zero-order valence-corrected chi connectivity index (χ0v) is 21.1. The summed E-state index contributed by atoms with van der Waals surface area (Å²) in [6.45, 7) is 9.56. The minimum Gasteiger partial charge on any atom is -0.457 e. The van der Waals surface area contributed by atoms with Gasteiger partial charge in [-0.15, -0.1) is 0 Å². The largest absolute Gasteiger partial charge is 0.457 e. The van der Waals surface area contributed by atoms with E-state index in [1.807, 2.05) is 56.4 Å². The first-order valence-corrected chi connectivity index (χ1v) is 12.4. The fourth-order valence-corrected chi connectivity index (χ4v) is 3.95. The summed E-state index contributed by atoms with van der Waals surface area (Å²) in [6.07, 6.45) is 3.72. The minimum absolute atomic E-state index is 0.0851. The third-order valence-corrected chi connectivity index (χ3v) is 5.99. The molecule has 0 radical (unpaired) electrons. The van der Waals surface area contributed by atoms with E-state index in [0.29, 0.717) is 19.8 Å². The maximum absolute atomic E-state index is 12.0. The summed E-state index contributed by atoms with van der Waals surface area (Å²) in [6, 6.07) is 20.5. The molecule has 0 spiro atoms. The Bertz CT molecular complexity index is 1110. The van der Waals surface area contributed by atoms with Gasteiger partial charge in [0.2, 0.25) is 0 Å². The van der Waals surface area contributed by atoms with Crippen molar-refractivity contribution < 1.29 is 14.3 Å². The first kappa shape index (κ1) is 24.9. The van der Waals surface area contributed by atoms with Crippen molar-refractivity contribution in [2.45, 2.75) is 52.2 Å². The molecule has 6 nitrogen and oxygen atoms in total. The van der Waals surface area contributed by atoms with E-state index in [4.69, 9.17) is 19.4 Å². The Hall–Kier alpha value is -3.25. The molecule has 1 aliphatic rings. The first-order valence-electron chi connectivity index (χ1n) is 12.4. The summed E-state index contributed by atoms with van der Waals surface area (Å²) in [7, 11) is 0. The van der Waals surface area contributed by atoms with Crippen LogP contribution in [-0.2, 0) is 14.3 Å². The van der Waals surface area contributed by atoms with Crippen molar-refractivity contribution in [2.24, 2.45) is 5.92 Å². The maximum atomic E-state index is 12.0. The van der Waals surface area contributed by atoms with Crippen molar-refractivity contribution in [1.29, 1.82) is 0 Å². The molecule has 35 heavy (non-hydrogen) atoms. The van der Waals surface area contributed by atoms with Crippen LogP contribution in [0.1, 0.15) is 40.5 Å². The van der Waals surface area contributed by atoms with Gasteiger partial charge in [0.15, 0.2) is 0 Å². The lowest BCUT2D eigenvalue weighted by Crippen LogP contribution is -2.38. The summed E-state index contributed by atoms with van der Waals surface area (Å²) in [4.78, 5) is 24.1. The van der Waals surface area contributed by atoms with E-state index >= 15 is 0 Å². The van der Waals surface area contributed by atoms with Crippen LogP contribution < -0.4 is 4.90 Å². The van der Waals surface area contributed by atoms with Crippen molar-refractivity contribution in [2.75, 3.05) is 24.7 Å². The molecule has 0 bridgehead atoms. The topological polar surface area (TPSA) is 64.6 Å². The second-order valence-electron chi connectivity index (χ2n) is 9.95. The van der Waals surface area contributed by atoms with E-state index in [2.05, 4.69) is 43.0 Å². The van der Waals surface area contributed by atoms with E-state index in [9.17, 15) is 4.79 Å². The molecule has 3 aromatic rings.